The van der Waals surface area contributed by atoms with Crippen molar-refractivity contribution >= 4 is 16.7 Å². The largest absolute Gasteiger partial charge is 0.369 e. The molecule has 1 saturated heterocycles. The van der Waals surface area contributed by atoms with Gasteiger partial charge in [0.2, 0.25) is 0 Å². The van der Waals surface area contributed by atoms with Crippen LogP contribution in [0.4, 0.5) is 10.2 Å². The second kappa shape index (κ2) is 6.80. The predicted molar refractivity (Wildman–Crippen MR) is 82.9 cm³/mol. The summed E-state index contributed by atoms with van der Waals surface area (Å²) in [6, 6.07) is 4.97. The number of nitrogens with zero attached hydrogens (tertiary/aromatic N) is 3. The summed E-state index contributed by atoms with van der Waals surface area (Å²) in [4.78, 5) is 10.8. The predicted octanol–water partition coefficient (Wildman–Crippen LogP) is 3.06. The highest BCUT2D eigenvalue weighted by molar-refractivity contribution is 5.89. The van der Waals surface area contributed by atoms with Gasteiger partial charge in [-0.2, -0.15) is 0 Å². The summed E-state index contributed by atoms with van der Waals surface area (Å²) in [5, 5.41) is 4.05. The lowest BCUT2D eigenvalue weighted by Crippen LogP contribution is -2.20. The Balaban J connectivity index is 1.52. The maximum absolute atomic E-state index is 13.7. The zero-order valence-corrected chi connectivity index (χ0v) is 12.2. The van der Waals surface area contributed by atoms with E-state index in [1.165, 1.54) is 51.3 Å². The van der Waals surface area contributed by atoms with Crippen molar-refractivity contribution in [3.05, 3.63) is 30.3 Å². The number of para-hydroxylation sites is 1. The number of fused-ring (bicyclic) bond motifs is 1. The SMILES string of the molecule is Fc1cccc2c(NCCCCN3CCCC3)ncnc12. The molecule has 0 unspecified atom stereocenters. The Hall–Kier alpha value is -1.75. The molecule has 112 valence electrons. The quantitative estimate of drug-likeness (QED) is 0.829. The third-order valence-corrected chi connectivity index (χ3v) is 4.01. The summed E-state index contributed by atoms with van der Waals surface area (Å²) in [5.41, 5.74) is 0.382. The van der Waals surface area contributed by atoms with Crippen LogP contribution in [0.15, 0.2) is 24.5 Å². The maximum atomic E-state index is 13.7. The number of nitrogens with one attached hydrogen (secondary N) is 1. The van der Waals surface area contributed by atoms with Crippen LogP contribution in [-0.2, 0) is 0 Å². The van der Waals surface area contributed by atoms with Gasteiger partial charge < -0.3 is 10.2 Å². The van der Waals surface area contributed by atoms with Gasteiger partial charge in [-0.05, 0) is 57.5 Å². The van der Waals surface area contributed by atoms with Crippen molar-refractivity contribution in [3.8, 4) is 0 Å². The van der Waals surface area contributed by atoms with Gasteiger partial charge in [-0.3, -0.25) is 0 Å². The van der Waals surface area contributed by atoms with E-state index < -0.39 is 0 Å². The highest BCUT2D eigenvalue weighted by Gasteiger charge is 2.10. The van der Waals surface area contributed by atoms with Gasteiger partial charge in [-0.25, -0.2) is 14.4 Å². The van der Waals surface area contributed by atoms with E-state index in [0.717, 1.165) is 24.2 Å². The number of hydrogen-bond acceptors (Lipinski definition) is 4. The fourth-order valence-corrected chi connectivity index (χ4v) is 2.87. The zero-order chi connectivity index (χ0) is 14.5. The van der Waals surface area contributed by atoms with Gasteiger partial charge in [0.1, 0.15) is 23.5 Å². The number of halogens is 1. The molecule has 0 atom stereocenters. The summed E-state index contributed by atoms with van der Waals surface area (Å²) in [6.07, 6.45) is 6.38. The van der Waals surface area contributed by atoms with Gasteiger partial charge in [-0.1, -0.05) is 6.07 Å². The third-order valence-electron chi connectivity index (χ3n) is 4.01. The number of likely N-dealkylation sites (tertiary alicyclic amines) is 1. The zero-order valence-electron chi connectivity index (χ0n) is 12.2. The topological polar surface area (TPSA) is 41.0 Å². The molecular formula is C16H21FN4. The van der Waals surface area contributed by atoms with Crippen LogP contribution < -0.4 is 5.32 Å². The molecular weight excluding hydrogens is 267 g/mol. The minimum Gasteiger partial charge on any atom is -0.369 e. The normalized spacial score (nSPS) is 15.7. The Labute approximate surface area is 124 Å². The fourth-order valence-electron chi connectivity index (χ4n) is 2.87. The van der Waals surface area contributed by atoms with Gasteiger partial charge in [0.05, 0.1) is 0 Å². The monoisotopic (exact) mass is 288 g/mol. The average molecular weight is 288 g/mol. The summed E-state index contributed by atoms with van der Waals surface area (Å²) < 4.78 is 13.7. The molecule has 1 N–H and O–H groups in total. The van der Waals surface area contributed by atoms with E-state index in [4.69, 9.17) is 0 Å². The van der Waals surface area contributed by atoms with Crippen LogP contribution in [-0.4, -0.2) is 41.0 Å². The molecule has 21 heavy (non-hydrogen) atoms. The van der Waals surface area contributed by atoms with Crippen molar-refractivity contribution < 1.29 is 4.39 Å². The van der Waals surface area contributed by atoms with Crippen molar-refractivity contribution in [2.75, 3.05) is 31.5 Å². The minimum atomic E-state index is -0.299. The Morgan fingerprint density at radius 2 is 2.00 bits per heavy atom. The van der Waals surface area contributed by atoms with E-state index >= 15 is 0 Å². The van der Waals surface area contributed by atoms with Gasteiger partial charge in [0, 0.05) is 11.9 Å². The lowest BCUT2D eigenvalue weighted by Gasteiger charge is -2.14. The summed E-state index contributed by atoms with van der Waals surface area (Å²) in [6.45, 7) is 4.55. The standard InChI is InChI=1S/C16H21FN4/c17-14-7-5-6-13-15(14)19-12-20-16(13)18-8-1-2-9-21-10-3-4-11-21/h5-7,12H,1-4,8-11H2,(H,18,19,20). The number of unbranched alkanes of at least 4 members (excludes halogenated alkanes) is 1. The number of aromatic nitrogens is 2. The number of anilines is 1. The minimum absolute atomic E-state index is 0.299. The van der Waals surface area contributed by atoms with Crippen LogP contribution in [0, 0.1) is 5.82 Å². The van der Waals surface area contributed by atoms with E-state index in [0.29, 0.717) is 5.52 Å². The molecule has 3 rings (SSSR count). The second-order valence-corrected chi connectivity index (χ2v) is 5.54. The van der Waals surface area contributed by atoms with Crippen molar-refractivity contribution in [2.24, 2.45) is 0 Å². The lowest BCUT2D eigenvalue weighted by molar-refractivity contribution is 0.331. The molecule has 1 fully saturated rings. The molecule has 1 aliphatic rings. The maximum Gasteiger partial charge on any atom is 0.149 e. The highest BCUT2D eigenvalue weighted by Crippen LogP contribution is 2.21. The third kappa shape index (κ3) is 3.47. The van der Waals surface area contributed by atoms with Crippen LogP contribution in [0.1, 0.15) is 25.7 Å². The first-order valence-electron chi connectivity index (χ1n) is 7.70. The van der Waals surface area contributed by atoms with Gasteiger partial charge in [0.15, 0.2) is 0 Å². The summed E-state index contributed by atoms with van der Waals surface area (Å²) in [7, 11) is 0. The molecule has 0 saturated carbocycles. The van der Waals surface area contributed by atoms with Gasteiger partial charge in [0.25, 0.3) is 0 Å². The summed E-state index contributed by atoms with van der Waals surface area (Å²) in [5.74, 6) is 0.424. The molecule has 2 aromatic rings. The first kappa shape index (κ1) is 14.2. The molecule has 1 aliphatic heterocycles. The van der Waals surface area contributed by atoms with Crippen molar-refractivity contribution in [2.45, 2.75) is 25.7 Å². The second-order valence-electron chi connectivity index (χ2n) is 5.54. The van der Waals surface area contributed by atoms with E-state index in [2.05, 4.69) is 20.2 Å². The Bertz CT molecular complexity index is 596. The molecule has 4 nitrogen and oxygen atoms in total. The molecule has 1 aromatic carbocycles. The Morgan fingerprint density at radius 3 is 2.86 bits per heavy atom. The molecule has 0 radical (unpaired) electrons. The Morgan fingerprint density at radius 1 is 1.14 bits per heavy atom. The molecule has 0 aliphatic carbocycles. The lowest BCUT2D eigenvalue weighted by atomic mass is 10.2. The van der Waals surface area contributed by atoms with Crippen LogP contribution in [0.25, 0.3) is 10.9 Å². The van der Waals surface area contributed by atoms with E-state index in [1.807, 2.05) is 6.07 Å². The Kier molecular flexibility index (Phi) is 4.60. The highest BCUT2D eigenvalue weighted by atomic mass is 19.1. The average Bonchev–Trinajstić information content (AvgIpc) is 3.01. The molecule has 5 heteroatoms. The van der Waals surface area contributed by atoms with Crippen molar-refractivity contribution in [1.82, 2.24) is 14.9 Å². The van der Waals surface area contributed by atoms with E-state index in [9.17, 15) is 4.39 Å². The smallest absolute Gasteiger partial charge is 0.149 e. The van der Waals surface area contributed by atoms with Crippen molar-refractivity contribution in [1.29, 1.82) is 0 Å². The van der Waals surface area contributed by atoms with Crippen molar-refractivity contribution in [3.63, 3.8) is 0 Å². The summed E-state index contributed by atoms with van der Waals surface area (Å²) >= 11 is 0. The van der Waals surface area contributed by atoms with Gasteiger partial charge in [-0.15, -0.1) is 0 Å². The number of benzene rings is 1. The fraction of sp³-hybridized carbons (Fsp3) is 0.500. The van der Waals surface area contributed by atoms with Gasteiger partial charge >= 0.3 is 0 Å². The molecule has 0 bridgehead atoms. The van der Waals surface area contributed by atoms with Crippen LogP contribution in [0.5, 0.6) is 0 Å². The first-order valence-corrected chi connectivity index (χ1v) is 7.70. The number of rotatable bonds is 6. The first-order chi connectivity index (χ1) is 10.3. The van der Waals surface area contributed by atoms with Crippen LogP contribution in [0.3, 0.4) is 0 Å². The molecule has 0 amide bonds. The molecule has 2 heterocycles. The van der Waals surface area contributed by atoms with Crippen LogP contribution in [0.2, 0.25) is 0 Å². The van der Waals surface area contributed by atoms with Crippen LogP contribution >= 0.6 is 0 Å². The van der Waals surface area contributed by atoms with E-state index in [-0.39, 0.29) is 5.82 Å². The molecule has 0 spiro atoms. The van der Waals surface area contributed by atoms with E-state index in [1.54, 1.807) is 6.07 Å². The molecule has 1 aromatic heterocycles. The number of hydrogen-bond donors (Lipinski definition) is 1.